The molecule has 8 heteroatoms. The summed E-state index contributed by atoms with van der Waals surface area (Å²) in [4.78, 5) is 32.6. The number of thioether (sulfide) groups is 1. The number of rotatable bonds is 8. The van der Waals surface area contributed by atoms with Gasteiger partial charge in [0.1, 0.15) is 12.4 Å². The molecule has 0 fully saturated rings. The lowest BCUT2D eigenvalue weighted by molar-refractivity contribution is -0.116. The summed E-state index contributed by atoms with van der Waals surface area (Å²) in [5.74, 6) is 1.72. The fraction of sp³-hybridized carbons (Fsp3) is 0.292. The lowest BCUT2D eigenvalue weighted by Crippen LogP contribution is -2.31. The molecule has 1 unspecified atom stereocenters. The van der Waals surface area contributed by atoms with Crippen LogP contribution in [0.2, 0.25) is 0 Å². The van der Waals surface area contributed by atoms with E-state index in [1.807, 2.05) is 48.5 Å². The molecule has 1 aliphatic heterocycles. The first-order valence-electron chi connectivity index (χ1n) is 10.5. The Labute approximate surface area is 190 Å². The zero-order chi connectivity index (χ0) is 22.5. The van der Waals surface area contributed by atoms with Gasteiger partial charge in [-0.15, -0.1) is 0 Å². The fourth-order valence-corrected chi connectivity index (χ4v) is 4.38. The van der Waals surface area contributed by atoms with Gasteiger partial charge in [-0.25, -0.2) is 4.98 Å². The molecule has 0 radical (unpaired) electrons. The lowest BCUT2D eigenvalue weighted by atomic mass is 9.86. The number of carbonyl (C=O) groups is 1. The molecule has 2 aromatic carbocycles. The van der Waals surface area contributed by atoms with E-state index in [0.29, 0.717) is 34.6 Å². The van der Waals surface area contributed by atoms with E-state index in [2.05, 4.69) is 22.2 Å². The third-order valence-electron chi connectivity index (χ3n) is 5.20. The van der Waals surface area contributed by atoms with Crippen molar-refractivity contribution in [2.45, 2.75) is 37.4 Å². The molecular weight excluding hydrogens is 426 g/mol. The van der Waals surface area contributed by atoms with Crippen LogP contribution in [0.25, 0.3) is 0 Å². The van der Waals surface area contributed by atoms with Gasteiger partial charge in [-0.05, 0) is 29.7 Å². The summed E-state index contributed by atoms with van der Waals surface area (Å²) in [5.41, 5.74) is 2.07. The number of hydrogen-bond acceptors (Lipinski definition) is 6. The number of amides is 1. The van der Waals surface area contributed by atoms with Gasteiger partial charge >= 0.3 is 0 Å². The summed E-state index contributed by atoms with van der Waals surface area (Å²) in [6, 6.07) is 15.4. The predicted molar refractivity (Wildman–Crippen MR) is 125 cm³/mol. The van der Waals surface area contributed by atoms with Crippen LogP contribution in [0.3, 0.4) is 0 Å². The molecule has 7 nitrogen and oxygen atoms in total. The smallest absolute Gasteiger partial charge is 0.257 e. The molecular formula is C24H25N3O4S. The van der Waals surface area contributed by atoms with E-state index in [4.69, 9.17) is 9.47 Å². The van der Waals surface area contributed by atoms with Gasteiger partial charge in [0.05, 0.1) is 12.7 Å². The highest BCUT2D eigenvalue weighted by molar-refractivity contribution is 7.99. The highest BCUT2D eigenvalue weighted by Gasteiger charge is 2.31. The maximum absolute atomic E-state index is 12.9. The SMILES string of the molecule is CCCSc1nc2c(c(=O)[nH]1)C(c1ccc(OCc3ccccc3)c(OC)c1)CC(=O)N2. The number of ether oxygens (including phenoxy) is 2. The van der Waals surface area contributed by atoms with Crippen molar-refractivity contribution in [1.82, 2.24) is 9.97 Å². The second-order valence-corrected chi connectivity index (χ2v) is 8.55. The molecule has 3 aromatic rings. The third-order valence-corrected chi connectivity index (χ3v) is 6.28. The number of H-pyrrole nitrogens is 1. The van der Waals surface area contributed by atoms with E-state index < -0.39 is 5.92 Å². The zero-order valence-corrected chi connectivity index (χ0v) is 18.8. The Bertz CT molecular complexity index is 1160. The minimum absolute atomic E-state index is 0.159. The Morgan fingerprint density at radius 3 is 2.69 bits per heavy atom. The van der Waals surface area contributed by atoms with Crippen LogP contribution in [0, 0.1) is 0 Å². The van der Waals surface area contributed by atoms with Crippen molar-refractivity contribution < 1.29 is 14.3 Å². The molecule has 1 amide bonds. The standard InChI is InChI=1S/C24H25N3O4S/c1-3-11-32-24-26-22-21(23(29)27-24)17(13-20(28)25-22)16-9-10-18(19(12-16)30-2)31-14-15-7-5-4-6-8-15/h4-10,12,17H,3,11,13-14H2,1-2H3,(H2,25,26,27,28,29). The van der Waals surface area contributed by atoms with E-state index in [1.54, 1.807) is 7.11 Å². The van der Waals surface area contributed by atoms with E-state index >= 15 is 0 Å². The highest BCUT2D eigenvalue weighted by atomic mass is 32.2. The van der Waals surface area contributed by atoms with Crippen LogP contribution in [0.15, 0.2) is 58.5 Å². The molecule has 32 heavy (non-hydrogen) atoms. The van der Waals surface area contributed by atoms with Gasteiger partial charge in [0.2, 0.25) is 5.91 Å². The second-order valence-electron chi connectivity index (χ2n) is 7.47. The highest BCUT2D eigenvalue weighted by Crippen LogP contribution is 2.38. The van der Waals surface area contributed by atoms with Crippen LogP contribution in [-0.4, -0.2) is 28.7 Å². The van der Waals surface area contributed by atoms with Gasteiger partial charge in [0, 0.05) is 18.1 Å². The average Bonchev–Trinajstić information content (AvgIpc) is 2.81. The van der Waals surface area contributed by atoms with Crippen LogP contribution in [0.5, 0.6) is 11.5 Å². The molecule has 1 atom stereocenters. The number of aromatic nitrogens is 2. The molecule has 1 aromatic heterocycles. The van der Waals surface area contributed by atoms with Crippen LogP contribution >= 0.6 is 11.8 Å². The van der Waals surface area contributed by atoms with Crippen molar-refractivity contribution in [3.63, 3.8) is 0 Å². The molecule has 0 saturated carbocycles. The number of aromatic amines is 1. The Kier molecular flexibility index (Phi) is 6.80. The number of carbonyl (C=O) groups excluding carboxylic acids is 1. The van der Waals surface area contributed by atoms with Crippen LogP contribution in [0.1, 0.15) is 42.4 Å². The molecule has 0 bridgehead atoms. The van der Waals surface area contributed by atoms with E-state index in [-0.39, 0.29) is 17.9 Å². The summed E-state index contributed by atoms with van der Waals surface area (Å²) < 4.78 is 11.5. The van der Waals surface area contributed by atoms with Crippen LogP contribution < -0.4 is 20.3 Å². The largest absolute Gasteiger partial charge is 0.493 e. The van der Waals surface area contributed by atoms with Crippen LogP contribution in [-0.2, 0) is 11.4 Å². The number of hydrogen-bond donors (Lipinski definition) is 2. The minimum Gasteiger partial charge on any atom is -0.493 e. The molecule has 1 aliphatic rings. The molecule has 0 aliphatic carbocycles. The summed E-state index contributed by atoms with van der Waals surface area (Å²) in [6.45, 7) is 2.47. The Morgan fingerprint density at radius 2 is 1.94 bits per heavy atom. The van der Waals surface area contributed by atoms with Crippen molar-refractivity contribution in [3.8, 4) is 11.5 Å². The van der Waals surface area contributed by atoms with Gasteiger partial charge in [-0.1, -0.05) is 55.1 Å². The number of benzene rings is 2. The monoisotopic (exact) mass is 451 g/mol. The Morgan fingerprint density at radius 1 is 1.12 bits per heavy atom. The van der Waals surface area contributed by atoms with Crippen LogP contribution in [0.4, 0.5) is 5.82 Å². The first-order valence-corrected chi connectivity index (χ1v) is 11.5. The number of anilines is 1. The molecule has 2 N–H and O–H groups in total. The van der Waals surface area contributed by atoms with Gasteiger partial charge in [0.15, 0.2) is 16.7 Å². The molecule has 166 valence electrons. The van der Waals surface area contributed by atoms with Gasteiger partial charge in [0.25, 0.3) is 5.56 Å². The maximum atomic E-state index is 12.9. The first-order chi connectivity index (χ1) is 15.6. The lowest BCUT2D eigenvalue weighted by Gasteiger charge is -2.25. The predicted octanol–water partition coefficient (Wildman–Crippen LogP) is 4.33. The van der Waals surface area contributed by atoms with Gasteiger partial charge in [-0.3, -0.25) is 9.59 Å². The summed E-state index contributed by atoms with van der Waals surface area (Å²) in [6.07, 6.45) is 1.12. The average molecular weight is 452 g/mol. The second kappa shape index (κ2) is 9.91. The summed E-state index contributed by atoms with van der Waals surface area (Å²) in [7, 11) is 1.57. The van der Waals surface area contributed by atoms with E-state index in [9.17, 15) is 9.59 Å². The molecule has 4 rings (SSSR count). The molecule has 2 heterocycles. The van der Waals surface area contributed by atoms with Crippen molar-refractivity contribution in [3.05, 3.63) is 75.6 Å². The van der Waals surface area contributed by atoms with Crippen molar-refractivity contribution in [1.29, 1.82) is 0 Å². The minimum atomic E-state index is -0.419. The third kappa shape index (κ3) is 4.80. The van der Waals surface area contributed by atoms with Gasteiger partial charge in [-0.2, -0.15) is 0 Å². The quantitative estimate of drug-likeness (QED) is 0.391. The first kappa shape index (κ1) is 22.0. The van der Waals surface area contributed by atoms with Crippen molar-refractivity contribution in [2.24, 2.45) is 0 Å². The molecule has 0 spiro atoms. The Hall–Kier alpha value is -3.26. The van der Waals surface area contributed by atoms with Crippen molar-refractivity contribution >= 4 is 23.5 Å². The van der Waals surface area contributed by atoms with E-state index in [0.717, 1.165) is 23.3 Å². The number of nitrogens with one attached hydrogen (secondary N) is 2. The Balaban J connectivity index is 1.63. The maximum Gasteiger partial charge on any atom is 0.257 e. The van der Waals surface area contributed by atoms with Crippen molar-refractivity contribution in [2.75, 3.05) is 18.2 Å². The topological polar surface area (TPSA) is 93.3 Å². The number of methoxy groups -OCH3 is 1. The molecule has 0 saturated heterocycles. The van der Waals surface area contributed by atoms with E-state index in [1.165, 1.54) is 11.8 Å². The summed E-state index contributed by atoms with van der Waals surface area (Å²) >= 11 is 1.46. The number of fused-ring (bicyclic) bond motifs is 1. The fourth-order valence-electron chi connectivity index (χ4n) is 3.66. The normalized spacial score (nSPS) is 15.1. The van der Waals surface area contributed by atoms with Gasteiger partial charge < -0.3 is 19.8 Å². The summed E-state index contributed by atoms with van der Waals surface area (Å²) in [5, 5.41) is 3.27. The number of nitrogens with zero attached hydrogens (tertiary/aromatic N) is 1. The zero-order valence-electron chi connectivity index (χ0n) is 18.0.